The van der Waals surface area contributed by atoms with Crippen LogP contribution in [0, 0.1) is 5.82 Å². The molecule has 0 saturated carbocycles. The molecule has 2 heterocycles. The molecule has 2 N–H and O–H groups in total. The van der Waals surface area contributed by atoms with Crippen molar-refractivity contribution in [1.82, 2.24) is 9.29 Å². The maximum atomic E-state index is 13.6. The molecule has 1 aromatic rings. The van der Waals surface area contributed by atoms with E-state index in [9.17, 15) is 12.8 Å². The van der Waals surface area contributed by atoms with Gasteiger partial charge in [0, 0.05) is 12.7 Å². The van der Waals surface area contributed by atoms with Gasteiger partial charge in [-0.2, -0.15) is 4.31 Å². The first-order valence-corrected chi connectivity index (χ1v) is 7.71. The van der Waals surface area contributed by atoms with Gasteiger partial charge in [-0.05, 0) is 25.0 Å². The van der Waals surface area contributed by atoms with Gasteiger partial charge in [0.2, 0.25) is 5.03 Å². The molecule has 1 atom stereocenters. The first-order chi connectivity index (χ1) is 8.94. The summed E-state index contributed by atoms with van der Waals surface area (Å²) >= 11 is 4.90. The number of nitrogens with two attached hydrogens (primary N) is 1. The van der Waals surface area contributed by atoms with Crippen molar-refractivity contribution in [3.8, 4) is 0 Å². The molecule has 0 spiro atoms. The van der Waals surface area contributed by atoms with Gasteiger partial charge in [0.1, 0.15) is 0 Å². The summed E-state index contributed by atoms with van der Waals surface area (Å²) in [6.45, 7) is 0.278. The van der Waals surface area contributed by atoms with Crippen LogP contribution in [0.25, 0.3) is 0 Å². The van der Waals surface area contributed by atoms with Crippen molar-refractivity contribution < 1.29 is 12.8 Å². The molecule has 1 aromatic heterocycles. The zero-order valence-electron chi connectivity index (χ0n) is 10.1. The second-order valence-electron chi connectivity index (χ2n) is 4.32. The molecule has 104 valence electrons. The van der Waals surface area contributed by atoms with E-state index in [1.54, 1.807) is 0 Å². The van der Waals surface area contributed by atoms with Crippen molar-refractivity contribution in [2.75, 3.05) is 6.54 Å². The molecule has 2 rings (SSSR count). The predicted octanol–water partition coefficient (Wildman–Crippen LogP) is 1.05. The molecule has 0 aromatic carbocycles. The summed E-state index contributed by atoms with van der Waals surface area (Å²) in [6, 6.07) is 1.85. The van der Waals surface area contributed by atoms with Crippen molar-refractivity contribution in [2.45, 2.75) is 30.3 Å². The lowest BCUT2D eigenvalue weighted by molar-refractivity contribution is 0.304. The van der Waals surface area contributed by atoms with Crippen LogP contribution in [-0.4, -0.2) is 35.3 Å². The van der Waals surface area contributed by atoms with E-state index < -0.39 is 26.9 Å². The SMILES string of the molecule is NC(=S)C1CCCCN1S(=O)(=O)c1ncccc1F. The van der Waals surface area contributed by atoms with Crippen LogP contribution < -0.4 is 5.73 Å². The van der Waals surface area contributed by atoms with E-state index in [2.05, 4.69) is 4.98 Å². The first kappa shape index (κ1) is 14.3. The summed E-state index contributed by atoms with van der Waals surface area (Å²) in [5.74, 6) is -0.866. The van der Waals surface area contributed by atoms with Crippen molar-refractivity contribution in [2.24, 2.45) is 5.73 Å². The Hall–Kier alpha value is -1.12. The number of nitrogens with zero attached hydrogens (tertiary/aromatic N) is 2. The molecule has 0 aliphatic carbocycles. The van der Waals surface area contributed by atoms with Gasteiger partial charge in [-0.1, -0.05) is 18.6 Å². The van der Waals surface area contributed by atoms with Crippen LogP contribution in [-0.2, 0) is 10.0 Å². The number of sulfonamides is 1. The smallest absolute Gasteiger partial charge is 0.264 e. The number of rotatable bonds is 3. The fourth-order valence-electron chi connectivity index (χ4n) is 2.15. The summed E-state index contributed by atoms with van der Waals surface area (Å²) in [5.41, 5.74) is 5.58. The standard InChI is InChI=1S/C11H14FN3O2S2/c12-8-4-3-6-14-11(8)19(16,17)15-7-2-1-5-9(15)10(13)18/h3-4,6,9H,1-2,5,7H2,(H2,13,18). The maximum absolute atomic E-state index is 13.6. The van der Waals surface area contributed by atoms with E-state index >= 15 is 0 Å². The lowest BCUT2D eigenvalue weighted by Gasteiger charge is -2.33. The Balaban J connectivity index is 2.43. The van der Waals surface area contributed by atoms with Crippen LogP contribution in [0.15, 0.2) is 23.4 Å². The highest BCUT2D eigenvalue weighted by molar-refractivity contribution is 7.89. The van der Waals surface area contributed by atoms with Crippen LogP contribution in [0.3, 0.4) is 0 Å². The summed E-state index contributed by atoms with van der Waals surface area (Å²) in [7, 11) is -4.01. The number of halogens is 1. The average Bonchev–Trinajstić information content (AvgIpc) is 2.39. The normalized spacial score (nSPS) is 21.2. The Morgan fingerprint density at radius 1 is 1.53 bits per heavy atom. The monoisotopic (exact) mass is 303 g/mol. The minimum absolute atomic E-state index is 0.111. The van der Waals surface area contributed by atoms with E-state index in [0.29, 0.717) is 12.8 Å². The third kappa shape index (κ3) is 2.75. The van der Waals surface area contributed by atoms with Crippen LogP contribution in [0.2, 0.25) is 0 Å². The van der Waals surface area contributed by atoms with Gasteiger partial charge in [0.15, 0.2) is 5.82 Å². The molecule has 8 heteroatoms. The molecule has 1 aliphatic rings. The Labute approximate surface area is 116 Å². The molecule has 0 amide bonds. The third-order valence-corrected chi connectivity index (χ3v) is 5.18. The van der Waals surface area contributed by atoms with Crippen LogP contribution >= 0.6 is 12.2 Å². The number of pyridine rings is 1. The van der Waals surface area contributed by atoms with Gasteiger partial charge in [-0.25, -0.2) is 17.8 Å². The number of piperidine rings is 1. The maximum Gasteiger partial charge on any atom is 0.264 e. The van der Waals surface area contributed by atoms with Gasteiger partial charge < -0.3 is 5.73 Å². The zero-order valence-corrected chi connectivity index (χ0v) is 11.8. The minimum atomic E-state index is -4.01. The molecule has 0 radical (unpaired) electrons. The van der Waals surface area contributed by atoms with Crippen molar-refractivity contribution in [1.29, 1.82) is 0 Å². The average molecular weight is 303 g/mol. The highest BCUT2D eigenvalue weighted by atomic mass is 32.2. The zero-order chi connectivity index (χ0) is 14.0. The fourth-order valence-corrected chi connectivity index (χ4v) is 4.12. The van der Waals surface area contributed by atoms with E-state index in [0.717, 1.165) is 16.8 Å². The van der Waals surface area contributed by atoms with Crippen molar-refractivity contribution in [3.05, 3.63) is 24.1 Å². The van der Waals surface area contributed by atoms with E-state index in [1.165, 1.54) is 12.3 Å². The van der Waals surface area contributed by atoms with Crippen LogP contribution in [0.5, 0.6) is 0 Å². The number of aromatic nitrogens is 1. The van der Waals surface area contributed by atoms with Gasteiger partial charge >= 0.3 is 0 Å². The fraction of sp³-hybridized carbons (Fsp3) is 0.455. The van der Waals surface area contributed by atoms with Gasteiger partial charge in [-0.15, -0.1) is 0 Å². The highest BCUT2D eigenvalue weighted by Gasteiger charge is 2.37. The van der Waals surface area contributed by atoms with E-state index in [-0.39, 0.29) is 11.5 Å². The number of thiocarbonyl (C=S) groups is 1. The van der Waals surface area contributed by atoms with Crippen LogP contribution in [0.4, 0.5) is 4.39 Å². The lowest BCUT2D eigenvalue weighted by atomic mass is 10.1. The van der Waals surface area contributed by atoms with Gasteiger partial charge in [-0.3, -0.25) is 0 Å². The molecule has 19 heavy (non-hydrogen) atoms. The summed E-state index contributed by atoms with van der Waals surface area (Å²) in [4.78, 5) is 3.74. The van der Waals surface area contributed by atoms with Crippen molar-refractivity contribution in [3.63, 3.8) is 0 Å². The third-order valence-electron chi connectivity index (χ3n) is 3.06. The van der Waals surface area contributed by atoms with Gasteiger partial charge in [0.05, 0.1) is 11.0 Å². The summed E-state index contributed by atoms with van der Waals surface area (Å²) in [5, 5.41) is -0.571. The number of hydrogen-bond donors (Lipinski definition) is 1. The summed E-state index contributed by atoms with van der Waals surface area (Å²) < 4.78 is 39.7. The summed E-state index contributed by atoms with van der Waals surface area (Å²) in [6.07, 6.45) is 3.35. The Bertz CT molecular complexity index is 591. The minimum Gasteiger partial charge on any atom is -0.392 e. The predicted molar refractivity (Wildman–Crippen MR) is 72.5 cm³/mol. The molecular formula is C11H14FN3O2S2. The molecule has 5 nitrogen and oxygen atoms in total. The van der Waals surface area contributed by atoms with Gasteiger partial charge in [0.25, 0.3) is 10.0 Å². The molecule has 1 saturated heterocycles. The molecule has 1 unspecified atom stereocenters. The second-order valence-corrected chi connectivity index (χ2v) is 6.60. The quantitative estimate of drug-likeness (QED) is 0.845. The number of hydrogen-bond acceptors (Lipinski definition) is 4. The van der Waals surface area contributed by atoms with E-state index in [4.69, 9.17) is 18.0 Å². The first-order valence-electron chi connectivity index (χ1n) is 5.86. The van der Waals surface area contributed by atoms with Crippen molar-refractivity contribution >= 4 is 27.2 Å². The molecule has 1 fully saturated rings. The molecule has 1 aliphatic heterocycles. The molecule has 0 bridgehead atoms. The van der Waals surface area contributed by atoms with E-state index in [1.807, 2.05) is 0 Å². The Morgan fingerprint density at radius 2 is 2.26 bits per heavy atom. The van der Waals surface area contributed by atoms with Crippen LogP contribution in [0.1, 0.15) is 19.3 Å². The Morgan fingerprint density at radius 3 is 2.89 bits per heavy atom. The largest absolute Gasteiger partial charge is 0.392 e. The second kappa shape index (κ2) is 5.48. The lowest BCUT2D eigenvalue weighted by Crippen LogP contribution is -2.50. The Kier molecular flexibility index (Phi) is 4.12. The highest BCUT2D eigenvalue weighted by Crippen LogP contribution is 2.25. The topological polar surface area (TPSA) is 76.3 Å². The molecular weight excluding hydrogens is 289 g/mol.